The van der Waals surface area contributed by atoms with Crippen molar-refractivity contribution in [2.45, 2.75) is 52.2 Å². The molecule has 0 saturated carbocycles. The molecule has 0 aliphatic rings. The number of benzene rings is 1. The average molecular weight is 281 g/mol. The van der Waals surface area contributed by atoms with E-state index in [-0.39, 0.29) is 5.04 Å². The molecule has 0 heterocycles. The van der Waals surface area contributed by atoms with Crippen LogP contribution in [0.5, 0.6) is 0 Å². The van der Waals surface area contributed by atoms with Gasteiger partial charge in [0.1, 0.15) is 0 Å². The Labute approximate surface area is 118 Å². The Morgan fingerprint density at radius 2 is 1.67 bits per heavy atom. The van der Waals surface area contributed by atoms with E-state index in [2.05, 4.69) is 65.1 Å². The van der Waals surface area contributed by atoms with Gasteiger partial charge in [-0.25, -0.2) is 0 Å². The lowest BCUT2D eigenvalue weighted by molar-refractivity contribution is 0.496. The van der Waals surface area contributed by atoms with Crippen LogP contribution in [0.4, 0.5) is 0 Å². The van der Waals surface area contributed by atoms with E-state index in [1.807, 2.05) is 0 Å². The highest BCUT2D eigenvalue weighted by Gasteiger charge is 2.39. The van der Waals surface area contributed by atoms with Crippen LogP contribution in [0.15, 0.2) is 24.3 Å². The average Bonchev–Trinajstić information content (AvgIpc) is 2.27. The summed E-state index contributed by atoms with van der Waals surface area (Å²) < 4.78 is 6.13. The van der Waals surface area contributed by atoms with Gasteiger partial charge in [-0.2, -0.15) is 0 Å². The van der Waals surface area contributed by atoms with Crippen molar-refractivity contribution in [3.63, 3.8) is 0 Å². The molecule has 0 aromatic heterocycles. The lowest BCUT2D eigenvalue weighted by Gasteiger charge is -2.36. The number of hydrogen-bond acceptors (Lipinski definition) is 2. The van der Waals surface area contributed by atoms with Gasteiger partial charge in [0, 0.05) is 5.56 Å². The molecular formula is C15H24OSSi. The molecule has 0 unspecified atom stereocenters. The van der Waals surface area contributed by atoms with Crippen LogP contribution in [-0.4, -0.2) is 13.4 Å². The maximum absolute atomic E-state index is 6.13. The molecule has 1 aromatic carbocycles. The molecule has 1 rings (SSSR count). The molecule has 18 heavy (non-hydrogen) atoms. The summed E-state index contributed by atoms with van der Waals surface area (Å²) in [6.07, 6.45) is 1.05. The van der Waals surface area contributed by atoms with E-state index >= 15 is 0 Å². The molecule has 1 aromatic rings. The lowest BCUT2D eigenvalue weighted by Crippen LogP contribution is -2.42. The Hall–Kier alpha value is -0.673. The van der Waals surface area contributed by atoms with Gasteiger partial charge in [0.25, 0.3) is 8.32 Å². The molecule has 0 saturated heterocycles. The number of rotatable bonds is 3. The first-order valence-electron chi connectivity index (χ1n) is 6.49. The van der Waals surface area contributed by atoms with Gasteiger partial charge in [0.15, 0.2) is 5.05 Å². The third kappa shape index (κ3) is 3.66. The molecular weight excluding hydrogens is 256 g/mol. The second-order valence-electron chi connectivity index (χ2n) is 6.20. The Bertz CT molecular complexity index is 415. The normalized spacial score (nSPS) is 12.3. The predicted molar refractivity (Wildman–Crippen MR) is 85.8 cm³/mol. The largest absolute Gasteiger partial charge is 0.536 e. The summed E-state index contributed by atoms with van der Waals surface area (Å²) >= 11 is 5.43. The van der Waals surface area contributed by atoms with Gasteiger partial charge in [-0.05, 0) is 42.3 Å². The maximum atomic E-state index is 6.13. The van der Waals surface area contributed by atoms with Crippen LogP contribution in [0, 0.1) is 0 Å². The summed E-state index contributed by atoms with van der Waals surface area (Å²) in [6.45, 7) is 13.3. The number of aryl methyl sites for hydroxylation is 1. The highest BCUT2D eigenvalue weighted by Crippen LogP contribution is 2.37. The van der Waals surface area contributed by atoms with Crippen LogP contribution in [0.25, 0.3) is 0 Å². The van der Waals surface area contributed by atoms with Gasteiger partial charge in [-0.15, -0.1) is 0 Å². The van der Waals surface area contributed by atoms with E-state index < -0.39 is 8.32 Å². The zero-order chi connectivity index (χ0) is 14.0. The molecule has 0 aliphatic carbocycles. The van der Waals surface area contributed by atoms with Crippen LogP contribution >= 0.6 is 12.2 Å². The van der Waals surface area contributed by atoms with E-state index in [1.54, 1.807) is 0 Å². The van der Waals surface area contributed by atoms with E-state index in [0.717, 1.165) is 12.0 Å². The van der Waals surface area contributed by atoms with Crippen molar-refractivity contribution in [3.05, 3.63) is 35.4 Å². The quantitative estimate of drug-likeness (QED) is 0.572. The monoisotopic (exact) mass is 280 g/mol. The third-order valence-corrected chi connectivity index (χ3v) is 8.55. The minimum atomic E-state index is -1.81. The van der Waals surface area contributed by atoms with Crippen LogP contribution in [-0.2, 0) is 10.8 Å². The van der Waals surface area contributed by atoms with Crippen molar-refractivity contribution < 1.29 is 4.43 Å². The van der Waals surface area contributed by atoms with Crippen molar-refractivity contribution in [3.8, 4) is 0 Å². The Morgan fingerprint density at radius 3 is 2.06 bits per heavy atom. The van der Waals surface area contributed by atoms with Crippen molar-refractivity contribution in [1.29, 1.82) is 0 Å². The first kappa shape index (κ1) is 15.4. The zero-order valence-electron chi connectivity index (χ0n) is 12.3. The molecule has 0 fully saturated rings. The standard InChI is InChI=1S/C15H24OSSi/c1-7-12-8-10-13(11-9-12)14(17)16-18(5,6)15(2,3)4/h8-11H,7H2,1-6H3. The summed E-state index contributed by atoms with van der Waals surface area (Å²) in [7, 11) is -1.81. The fourth-order valence-electron chi connectivity index (χ4n) is 1.32. The van der Waals surface area contributed by atoms with Crippen LogP contribution < -0.4 is 0 Å². The Balaban J connectivity index is 2.82. The van der Waals surface area contributed by atoms with Gasteiger partial charge >= 0.3 is 0 Å². The highest BCUT2D eigenvalue weighted by atomic mass is 32.1. The van der Waals surface area contributed by atoms with E-state index in [9.17, 15) is 0 Å². The molecule has 0 radical (unpaired) electrons. The minimum absolute atomic E-state index is 0.181. The molecule has 0 bridgehead atoms. The van der Waals surface area contributed by atoms with Gasteiger partial charge in [0.2, 0.25) is 0 Å². The smallest absolute Gasteiger partial charge is 0.251 e. The summed E-state index contributed by atoms with van der Waals surface area (Å²) in [4.78, 5) is 0. The minimum Gasteiger partial charge on any atom is -0.536 e. The summed E-state index contributed by atoms with van der Waals surface area (Å²) in [5.41, 5.74) is 2.35. The predicted octanol–water partition coefficient (Wildman–Crippen LogP) is 4.95. The van der Waals surface area contributed by atoms with Crippen LogP contribution in [0.1, 0.15) is 38.8 Å². The SMILES string of the molecule is CCc1ccc(C(=S)O[Si](C)(C)C(C)(C)C)cc1. The molecule has 0 aliphatic heterocycles. The van der Waals surface area contributed by atoms with Crippen molar-refractivity contribution in [2.75, 3.05) is 0 Å². The highest BCUT2D eigenvalue weighted by molar-refractivity contribution is 7.80. The third-order valence-electron chi connectivity index (χ3n) is 3.75. The summed E-state index contributed by atoms with van der Waals surface area (Å²) in [5.74, 6) is 0. The number of thiocarbonyl (C=S) groups is 1. The first-order valence-corrected chi connectivity index (χ1v) is 9.81. The molecule has 3 heteroatoms. The van der Waals surface area contributed by atoms with Crippen LogP contribution in [0.2, 0.25) is 18.1 Å². The van der Waals surface area contributed by atoms with Gasteiger partial charge < -0.3 is 4.43 Å². The fraction of sp³-hybridized carbons (Fsp3) is 0.533. The molecule has 0 N–H and O–H groups in total. The van der Waals surface area contributed by atoms with Gasteiger partial charge in [0.05, 0.1) is 0 Å². The van der Waals surface area contributed by atoms with E-state index in [4.69, 9.17) is 16.6 Å². The van der Waals surface area contributed by atoms with Crippen molar-refractivity contribution in [2.24, 2.45) is 0 Å². The molecule has 100 valence electrons. The first-order chi connectivity index (χ1) is 8.17. The zero-order valence-corrected chi connectivity index (χ0v) is 14.1. The molecule has 1 nitrogen and oxygen atoms in total. The molecule has 0 amide bonds. The summed E-state index contributed by atoms with van der Waals surface area (Å²) in [6, 6.07) is 8.37. The van der Waals surface area contributed by atoms with Crippen molar-refractivity contribution in [1.82, 2.24) is 0 Å². The Morgan fingerprint density at radius 1 is 1.17 bits per heavy atom. The van der Waals surface area contributed by atoms with E-state index in [1.165, 1.54) is 5.56 Å². The van der Waals surface area contributed by atoms with Gasteiger partial charge in [-0.1, -0.05) is 52.0 Å². The second kappa shape index (κ2) is 5.53. The summed E-state index contributed by atoms with van der Waals surface area (Å²) in [5, 5.41) is 0.824. The lowest BCUT2D eigenvalue weighted by atomic mass is 10.1. The number of hydrogen-bond donors (Lipinski definition) is 0. The van der Waals surface area contributed by atoms with Crippen molar-refractivity contribution >= 4 is 25.6 Å². The maximum Gasteiger partial charge on any atom is 0.251 e. The van der Waals surface area contributed by atoms with E-state index in [0.29, 0.717) is 5.05 Å². The second-order valence-corrected chi connectivity index (χ2v) is 11.3. The Kier molecular flexibility index (Phi) is 4.73. The molecule has 0 spiro atoms. The van der Waals surface area contributed by atoms with Gasteiger partial charge in [-0.3, -0.25) is 0 Å². The molecule has 0 atom stereocenters. The van der Waals surface area contributed by atoms with Crippen LogP contribution in [0.3, 0.4) is 0 Å². The topological polar surface area (TPSA) is 9.23 Å². The fourth-order valence-corrected chi connectivity index (χ4v) is 2.97.